The van der Waals surface area contributed by atoms with Crippen molar-refractivity contribution in [3.63, 3.8) is 0 Å². The van der Waals surface area contributed by atoms with Gasteiger partial charge in [0.25, 0.3) is 0 Å². The molecule has 0 spiro atoms. The van der Waals surface area contributed by atoms with Crippen molar-refractivity contribution in [3.8, 4) is 5.75 Å². The highest BCUT2D eigenvalue weighted by Crippen LogP contribution is 2.19. The molecule has 1 aromatic carbocycles. The second-order valence-electron chi connectivity index (χ2n) is 4.99. The normalized spacial score (nSPS) is 12.1. The number of phenolic OH excluding ortho intramolecular Hbond substituents is 1. The molecular formula is C14H18F4N2O6S. The van der Waals surface area contributed by atoms with Crippen LogP contribution in [0.25, 0.3) is 0 Å². The van der Waals surface area contributed by atoms with E-state index in [1.807, 2.05) is 0 Å². The van der Waals surface area contributed by atoms with Crippen LogP contribution < -0.4 is 10.0 Å². The Hall–Kier alpha value is -1.96. The summed E-state index contributed by atoms with van der Waals surface area (Å²) >= 11 is 0. The van der Waals surface area contributed by atoms with Crippen LogP contribution in [0, 0.1) is 5.82 Å². The van der Waals surface area contributed by atoms with Crippen molar-refractivity contribution in [2.75, 3.05) is 39.5 Å². The van der Waals surface area contributed by atoms with Crippen molar-refractivity contribution in [2.45, 2.75) is 11.1 Å². The zero-order chi connectivity index (χ0) is 20.5. The van der Waals surface area contributed by atoms with E-state index in [2.05, 4.69) is 4.72 Å². The minimum Gasteiger partial charge on any atom is -0.505 e. The minimum absolute atomic E-state index is 0.0256. The van der Waals surface area contributed by atoms with Crippen LogP contribution in [-0.2, 0) is 24.3 Å². The van der Waals surface area contributed by atoms with Crippen LogP contribution in [0.4, 0.5) is 17.6 Å². The fourth-order valence-corrected chi connectivity index (χ4v) is 2.67. The molecule has 0 aromatic heterocycles. The van der Waals surface area contributed by atoms with Crippen LogP contribution in [0.1, 0.15) is 0 Å². The number of benzene rings is 1. The summed E-state index contributed by atoms with van der Waals surface area (Å²) in [6.07, 6.45) is -4.94. The Morgan fingerprint density at radius 2 is 1.67 bits per heavy atom. The van der Waals surface area contributed by atoms with Gasteiger partial charge >= 0.3 is 12.1 Å². The van der Waals surface area contributed by atoms with Crippen LogP contribution in [0.15, 0.2) is 23.1 Å². The van der Waals surface area contributed by atoms with E-state index in [0.29, 0.717) is 6.07 Å². The molecule has 3 N–H and O–H groups in total. The number of amides is 1. The first-order valence-electron chi connectivity index (χ1n) is 7.53. The number of hydrogen-bond donors (Lipinski definition) is 3. The van der Waals surface area contributed by atoms with Crippen molar-refractivity contribution in [1.29, 1.82) is 0 Å². The largest absolute Gasteiger partial charge is 0.505 e. The molecule has 0 aliphatic heterocycles. The molecule has 0 aliphatic rings. The molecule has 0 fully saturated rings. The van der Waals surface area contributed by atoms with Gasteiger partial charge < -0.3 is 19.9 Å². The van der Waals surface area contributed by atoms with Gasteiger partial charge in [-0.1, -0.05) is 0 Å². The van der Waals surface area contributed by atoms with Crippen LogP contribution in [0.3, 0.4) is 0 Å². The third kappa shape index (κ3) is 8.51. The Morgan fingerprint density at radius 3 is 2.22 bits per heavy atom. The number of alkyl halides is 3. The number of carbonyl (C=O) groups excluding carboxylic acids is 1. The van der Waals surface area contributed by atoms with Crippen LogP contribution in [-0.4, -0.2) is 65.1 Å². The number of ether oxygens (including phenoxy) is 2. The molecule has 13 heteroatoms. The summed E-state index contributed by atoms with van der Waals surface area (Å²) in [6, 6.07) is 2.62. The van der Waals surface area contributed by atoms with Crippen molar-refractivity contribution < 1.29 is 45.4 Å². The maximum absolute atomic E-state index is 13.2. The third-order valence-corrected chi connectivity index (χ3v) is 4.39. The average Bonchev–Trinajstić information content (AvgIpc) is 2.57. The summed E-state index contributed by atoms with van der Waals surface area (Å²) in [5, 5.41) is 10.7. The van der Waals surface area contributed by atoms with Crippen molar-refractivity contribution in [3.05, 3.63) is 24.0 Å². The molecule has 154 valence electrons. The van der Waals surface area contributed by atoms with E-state index in [1.165, 1.54) is 0 Å². The summed E-state index contributed by atoms with van der Waals surface area (Å²) in [6.45, 7) is -0.549. The summed E-state index contributed by atoms with van der Waals surface area (Å²) in [5.74, 6) is -3.80. The van der Waals surface area contributed by atoms with Gasteiger partial charge in [-0.05, 0) is 18.2 Å². The third-order valence-electron chi connectivity index (χ3n) is 2.93. The number of phenols is 1. The fourth-order valence-electron chi connectivity index (χ4n) is 1.65. The molecule has 1 amide bonds. The topological polar surface area (TPSA) is 114 Å². The van der Waals surface area contributed by atoms with Gasteiger partial charge in [0.15, 0.2) is 11.6 Å². The number of nitrogens with one attached hydrogen (secondary N) is 2. The Labute approximate surface area is 152 Å². The van der Waals surface area contributed by atoms with Crippen molar-refractivity contribution in [1.82, 2.24) is 10.0 Å². The average molecular weight is 418 g/mol. The molecule has 0 atom stereocenters. The van der Waals surface area contributed by atoms with Gasteiger partial charge in [-0.3, -0.25) is 4.79 Å². The first kappa shape index (κ1) is 23.1. The minimum atomic E-state index is -4.94. The number of carbonyl (C=O) groups is 1. The van der Waals surface area contributed by atoms with E-state index in [0.717, 1.165) is 12.1 Å². The smallest absolute Gasteiger partial charge is 0.471 e. The van der Waals surface area contributed by atoms with E-state index >= 15 is 0 Å². The molecule has 1 aromatic rings. The van der Waals surface area contributed by atoms with Crippen molar-refractivity contribution >= 4 is 15.9 Å². The van der Waals surface area contributed by atoms with Gasteiger partial charge in [0, 0.05) is 13.1 Å². The quantitative estimate of drug-likeness (QED) is 0.357. The summed E-state index contributed by atoms with van der Waals surface area (Å²) in [7, 11) is -3.97. The lowest BCUT2D eigenvalue weighted by Crippen LogP contribution is -2.38. The lowest BCUT2D eigenvalue weighted by molar-refractivity contribution is -0.173. The molecule has 0 radical (unpaired) electrons. The predicted molar refractivity (Wildman–Crippen MR) is 84.0 cm³/mol. The second kappa shape index (κ2) is 10.4. The molecule has 1 rings (SSSR count). The standard InChI is InChI=1S/C14H18F4N2O6S/c15-11-9-10(1-2-12(11)21)27(23,24)20-4-6-26-8-7-25-5-3-19-13(22)14(16,17)18/h1-2,9,20-21H,3-8H2,(H,19,22). The van der Waals surface area contributed by atoms with Gasteiger partial charge in [-0.25, -0.2) is 17.5 Å². The zero-order valence-corrected chi connectivity index (χ0v) is 14.7. The Kier molecular flexibility index (Phi) is 8.88. The highest BCUT2D eigenvalue weighted by atomic mass is 32.2. The van der Waals surface area contributed by atoms with Gasteiger partial charge in [-0.15, -0.1) is 0 Å². The lowest BCUT2D eigenvalue weighted by Gasteiger charge is -2.09. The molecule has 0 saturated carbocycles. The van der Waals surface area contributed by atoms with Gasteiger partial charge in [-0.2, -0.15) is 13.2 Å². The second-order valence-corrected chi connectivity index (χ2v) is 6.76. The SMILES string of the molecule is O=C(NCCOCCOCCNS(=O)(=O)c1ccc(O)c(F)c1)C(F)(F)F. The van der Waals surface area contributed by atoms with E-state index in [4.69, 9.17) is 14.6 Å². The maximum Gasteiger partial charge on any atom is 0.471 e. The molecular weight excluding hydrogens is 400 g/mol. The van der Waals surface area contributed by atoms with Crippen LogP contribution in [0.2, 0.25) is 0 Å². The molecule has 27 heavy (non-hydrogen) atoms. The fraction of sp³-hybridized carbons (Fsp3) is 0.500. The van der Waals surface area contributed by atoms with Crippen LogP contribution in [0.5, 0.6) is 5.75 Å². The van der Waals surface area contributed by atoms with E-state index < -0.39 is 33.7 Å². The summed E-state index contributed by atoms with van der Waals surface area (Å²) in [5.41, 5.74) is 0. The molecule has 0 aliphatic carbocycles. The highest BCUT2D eigenvalue weighted by molar-refractivity contribution is 7.89. The molecule has 0 unspecified atom stereocenters. The summed E-state index contributed by atoms with van der Waals surface area (Å²) < 4.78 is 84.7. The lowest BCUT2D eigenvalue weighted by atomic mass is 10.3. The summed E-state index contributed by atoms with van der Waals surface area (Å²) in [4.78, 5) is 10.1. The van der Waals surface area contributed by atoms with Crippen LogP contribution >= 0.6 is 0 Å². The van der Waals surface area contributed by atoms with E-state index in [9.17, 15) is 30.8 Å². The van der Waals surface area contributed by atoms with E-state index in [-0.39, 0.29) is 44.4 Å². The Balaban J connectivity index is 2.12. The van der Waals surface area contributed by atoms with Crippen molar-refractivity contribution in [2.24, 2.45) is 0 Å². The molecule has 0 bridgehead atoms. The predicted octanol–water partition coefficient (Wildman–Crippen LogP) is 0.521. The van der Waals surface area contributed by atoms with Gasteiger partial charge in [0.2, 0.25) is 10.0 Å². The zero-order valence-electron chi connectivity index (χ0n) is 13.9. The number of hydrogen-bond acceptors (Lipinski definition) is 6. The Morgan fingerprint density at radius 1 is 1.07 bits per heavy atom. The Bertz CT molecular complexity index is 727. The number of halogens is 4. The van der Waals surface area contributed by atoms with E-state index in [1.54, 1.807) is 5.32 Å². The molecule has 0 heterocycles. The van der Waals surface area contributed by atoms with Gasteiger partial charge in [0.1, 0.15) is 0 Å². The molecule has 0 saturated heterocycles. The molecule has 8 nitrogen and oxygen atoms in total. The first-order chi connectivity index (χ1) is 12.5. The monoisotopic (exact) mass is 418 g/mol. The van der Waals surface area contributed by atoms with Gasteiger partial charge in [0.05, 0.1) is 31.3 Å². The number of aromatic hydroxyl groups is 1. The number of rotatable bonds is 11. The maximum atomic E-state index is 13.2. The highest BCUT2D eigenvalue weighted by Gasteiger charge is 2.38. The first-order valence-corrected chi connectivity index (χ1v) is 9.01. The number of sulfonamides is 1.